The maximum Gasteiger partial charge on any atom is 0.418 e. The molecule has 8 heteroatoms. The fraction of sp³-hybridized carbons (Fsp3) is 0.118. The van der Waals surface area contributed by atoms with Crippen LogP contribution in [-0.4, -0.2) is 16.2 Å². The minimum Gasteiger partial charge on any atom is -0.278 e. The van der Waals surface area contributed by atoms with Crippen LogP contribution in [0.25, 0.3) is 10.9 Å². The Bertz CT molecular complexity index is 954. The van der Waals surface area contributed by atoms with Crippen molar-refractivity contribution in [3.05, 3.63) is 64.6 Å². The fourth-order valence-corrected chi connectivity index (χ4v) is 2.56. The summed E-state index contributed by atoms with van der Waals surface area (Å²) in [6.45, 7) is 1.85. The molecule has 4 nitrogen and oxygen atoms in total. The van der Waals surface area contributed by atoms with E-state index in [-0.39, 0.29) is 15.9 Å². The molecule has 0 bridgehead atoms. The number of fused-ring (bicyclic) bond motifs is 1. The van der Waals surface area contributed by atoms with Crippen LogP contribution in [0, 0.1) is 6.92 Å². The molecule has 25 heavy (non-hydrogen) atoms. The second-order valence-corrected chi connectivity index (χ2v) is 5.72. The third-order valence-electron chi connectivity index (χ3n) is 3.41. The van der Waals surface area contributed by atoms with Crippen molar-refractivity contribution in [2.45, 2.75) is 13.1 Å². The Labute approximate surface area is 146 Å². The second-order valence-electron chi connectivity index (χ2n) is 5.28. The van der Waals surface area contributed by atoms with E-state index in [1.165, 1.54) is 24.5 Å². The van der Waals surface area contributed by atoms with Gasteiger partial charge in [0.25, 0.3) is 0 Å². The monoisotopic (exact) mass is 364 g/mol. The molecule has 0 unspecified atom stereocenters. The van der Waals surface area contributed by atoms with Crippen molar-refractivity contribution in [3.63, 3.8) is 0 Å². The van der Waals surface area contributed by atoms with Crippen molar-refractivity contribution in [2.24, 2.45) is 5.10 Å². The number of alkyl halides is 3. The Morgan fingerprint density at radius 1 is 1.20 bits per heavy atom. The molecule has 0 amide bonds. The first-order valence-electron chi connectivity index (χ1n) is 7.23. The van der Waals surface area contributed by atoms with Gasteiger partial charge in [-0.15, -0.1) is 0 Å². The number of benzene rings is 1. The van der Waals surface area contributed by atoms with Gasteiger partial charge in [0, 0.05) is 22.3 Å². The first kappa shape index (κ1) is 17.2. The van der Waals surface area contributed by atoms with E-state index in [0.29, 0.717) is 11.4 Å². The third-order valence-corrected chi connectivity index (χ3v) is 3.63. The van der Waals surface area contributed by atoms with Gasteiger partial charge in [-0.05, 0) is 37.3 Å². The predicted octanol–water partition coefficient (Wildman–Crippen LogP) is 5.06. The van der Waals surface area contributed by atoms with Crippen LogP contribution in [0.5, 0.6) is 0 Å². The number of aromatic nitrogens is 2. The van der Waals surface area contributed by atoms with Gasteiger partial charge in [0.1, 0.15) is 0 Å². The maximum absolute atomic E-state index is 13.2. The lowest BCUT2D eigenvalue weighted by atomic mass is 10.1. The summed E-state index contributed by atoms with van der Waals surface area (Å²) in [4.78, 5) is 8.10. The molecule has 0 aliphatic heterocycles. The molecule has 2 aromatic heterocycles. The lowest BCUT2D eigenvalue weighted by Crippen LogP contribution is -2.07. The van der Waals surface area contributed by atoms with Gasteiger partial charge in [0.15, 0.2) is 0 Å². The number of hydrogen-bond acceptors (Lipinski definition) is 4. The maximum atomic E-state index is 13.2. The standard InChI is InChI=1S/C17H12ClF3N4/c1-10-3-2-4-12(24-10)9-23-25-15-5-6-22-16-13(15)7-11(18)8-14(16)17(19,20)21/h2-9H,1H3,(H,22,25)/b23-9+. The zero-order chi connectivity index (χ0) is 18.0. The Balaban J connectivity index is 1.98. The zero-order valence-electron chi connectivity index (χ0n) is 13.0. The van der Waals surface area contributed by atoms with E-state index in [1.807, 2.05) is 19.1 Å². The van der Waals surface area contributed by atoms with E-state index in [0.717, 1.165) is 11.8 Å². The Hall–Kier alpha value is -2.67. The van der Waals surface area contributed by atoms with E-state index in [9.17, 15) is 13.2 Å². The van der Waals surface area contributed by atoms with Crippen LogP contribution < -0.4 is 5.43 Å². The fourth-order valence-electron chi connectivity index (χ4n) is 2.34. The van der Waals surface area contributed by atoms with Crippen molar-refractivity contribution in [1.82, 2.24) is 9.97 Å². The molecule has 1 aromatic carbocycles. The quantitative estimate of drug-likeness (QED) is 0.522. The summed E-state index contributed by atoms with van der Waals surface area (Å²) in [6.07, 6.45) is -1.79. The highest BCUT2D eigenvalue weighted by atomic mass is 35.5. The second kappa shape index (κ2) is 6.68. The molecule has 0 spiro atoms. The highest BCUT2D eigenvalue weighted by Gasteiger charge is 2.34. The lowest BCUT2D eigenvalue weighted by Gasteiger charge is -2.12. The summed E-state index contributed by atoms with van der Waals surface area (Å²) in [7, 11) is 0. The molecule has 128 valence electrons. The van der Waals surface area contributed by atoms with Crippen LogP contribution in [0.1, 0.15) is 17.0 Å². The van der Waals surface area contributed by atoms with E-state index >= 15 is 0 Å². The van der Waals surface area contributed by atoms with Crippen LogP contribution in [0.4, 0.5) is 18.9 Å². The van der Waals surface area contributed by atoms with Crippen LogP contribution in [0.2, 0.25) is 5.02 Å². The van der Waals surface area contributed by atoms with Crippen LogP contribution in [-0.2, 0) is 6.18 Å². The number of anilines is 1. The smallest absolute Gasteiger partial charge is 0.278 e. The normalized spacial score (nSPS) is 12.0. The van der Waals surface area contributed by atoms with E-state index in [4.69, 9.17) is 11.6 Å². The molecule has 0 radical (unpaired) electrons. The lowest BCUT2D eigenvalue weighted by molar-refractivity contribution is -0.136. The van der Waals surface area contributed by atoms with Gasteiger partial charge in [-0.1, -0.05) is 17.7 Å². The Morgan fingerprint density at radius 2 is 2.00 bits per heavy atom. The molecular weight excluding hydrogens is 353 g/mol. The number of nitrogens with one attached hydrogen (secondary N) is 1. The minimum atomic E-state index is -4.55. The van der Waals surface area contributed by atoms with Gasteiger partial charge >= 0.3 is 6.18 Å². The zero-order valence-corrected chi connectivity index (χ0v) is 13.7. The molecular formula is C17H12ClF3N4. The van der Waals surface area contributed by atoms with Gasteiger partial charge in [0.2, 0.25) is 0 Å². The first-order valence-corrected chi connectivity index (χ1v) is 7.60. The van der Waals surface area contributed by atoms with Crippen LogP contribution in [0.3, 0.4) is 0 Å². The summed E-state index contributed by atoms with van der Waals surface area (Å²) in [5, 5.41) is 4.24. The summed E-state index contributed by atoms with van der Waals surface area (Å²) in [6, 6.07) is 9.26. The highest BCUT2D eigenvalue weighted by Crippen LogP contribution is 2.37. The third kappa shape index (κ3) is 3.88. The molecule has 3 aromatic rings. The summed E-state index contributed by atoms with van der Waals surface area (Å²) < 4.78 is 39.6. The molecule has 0 aliphatic rings. The highest BCUT2D eigenvalue weighted by molar-refractivity contribution is 6.31. The topological polar surface area (TPSA) is 50.2 Å². The van der Waals surface area contributed by atoms with Crippen molar-refractivity contribution in [2.75, 3.05) is 5.43 Å². The molecule has 2 heterocycles. The molecule has 0 fully saturated rings. The number of hydrazone groups is 1. The van der Waals surface area contributed by atoms with E-state index in [2.05, 4.69) is 20.5 Å². The van der Waals surface area contributed by atoms with Gasteiger partial charge < -0.3 is 0 Å². The van der Waals surface area contributed by atoms with Crippen molar-refractivity contribution in [1.29, 1.82) is 0 Å². The number of rotatable bonds is 3. The predicted molar refractivity (Wildman–Crippen MR) is 91.9 cm³/mol. The average Bonchev–Trinajstić information content (AvgIpc) is 2.54. The van der Waals surface area contributed by atoms with E-state index in [1.54, 1.807) is 6.07 Å². The summed E-state index contributed by atoms with van der Waals surface area (Å²) >= 11 is 5.85. The molecule has 1 N–H and O–H groups in total. The largest absolute Gasteiger partial charge is 0.418 e. The first-order chi connectivity index (χ1) is 11.8. The molecule has 0 saturated carbocycles. The SMILES string of the molecule is Cc1cccc(/C=N/Nc2ccnc3c(C(F)(F)F)cc(Cl)cc23)n1. The van der Waals surface area contributed by atoms with Crippen molar-refractivity contribution in [3.8, 4) is 0 Å². The van der Waals surface area contributed by atoms with Crippen LogP contribution in [0.15, 0.2) is 47.7 Å². The minimum absolute atomic E-state index is 0.0276. The number of halogens is 4. The van der Waals surface area contributed by atoms with E-state index < -0.39 is 11.7 Å². The van der Waals surface area contributed by atoms with Gasteiger partial charge in [-0.25, -0.2) is 0 Å². The van der Waals surface area contributed by atoms with Gasteiger partial charge in [-0.3, -0.25) is 15.4 Å². The molecule has 0 atom stereocenters. The summed E-state index contributed by atoms with van der Waals surface area (Å²) in [5.74, 6) is 0. The Kier molecular flexibility index (Phi) is 4.59. The number of pyridine rings is 2. The Morgan fingerprint density at radius 3 is 2.72 bits per heavy atom. The van der Waals surface area contributed by atoms with Crippen LogP contribution >= 0.6 is 11.6 Å². The molecule has 0 aliphatic carbocycles. The number of nitrogens with zero attached hydrogens (tertiary/aromatic N) is 3. The summed E-state index contributed by atoms with van der Waals surface area (Å²) in [5.41, 5.74) is 3.47. The van der Waals surface area contributed by atoms with Crippen molar-refractivity contribution >= 4 is 34.4 Å². The van der Waals surface area contributed by atoms with Gasteiger partial charge in [0.05, 0.1) is 28.7 Å². The molecule has 3 rings (SSSR count). The molecule has 0 saturated heterocycles. The van der Waals surface area contributed by atoms with Gasteiger partial charge in [-0.2, -0.15) is 18.3 Å². The van der Waals surface area contributed by atoms with Crippen molar-refractivity contribution < 1.29 is 13.2 Å². The number of hydrogen-bond donors (Lipinski definition) is 1. The number of aryl methyl sites for hydroxylation is 1. The average molecular weight is 365 g/mol.